The third kappa shape index (κ3) is 6.68. The van der Waals surface area contributed by atoms with Crippen LogP contribution in [-0.2, 0) is 19.1 Å². The first kappa shape index (κ1) is 25.5. The zero-order valence-corrected chi connectivity index (χ0v) is 19.6. The molecule has 0 aliphatic rings. The van der Waals surface area contributed by atoms with Gasteiger partial charge in [-0.3, -0.25) is 4.79 Å². The minimum Gasteiger partial charge on any atom is -0.478 e. The van der Waals surface area contributed by atoms with Crippen LogP contribution in [0.5, 0.6) is 0 Å². The van der Waals surface area contributed by atoms with Crippen molar-refractivity contribution in [3.05, 3.63) is 100 Å². The number of ether oxygens (including phenoxy) is 2. The molecule has 180 valence electrons. The number of carbonyl (C=O) groups excluding carboxylic acids is 3. The summed E-state index contributed by atoms with van der Waals surface area (Å²) in [5.41, 5.74) is 2.06. The smallest absolute Gasteiger partial charge is 0.349 e. The van der Waals surface area contributed by atoms with Gasteiger partial charge in [0.2, 0.25) is 12.2 Å². The second kappa shape index (κ2) is 11.3. The van der Waals surface area contributed by atoms with Crippen LogP contribution in [0.4, 0.5) is 5.69 Å². The lowest BCUT2D eigenvalue weighted by atomic mass is 10.1. The van der Waals surface area contributed by atoms with Crippen molar-refractivity contribution in [2.75, 3.05) is 5.32 Å². The van der Waals surface area contributed by atoms with E-state index in [9.17, 15) is 24.3 Å². The van der Waals surface area contributed by atoms with E-state index in [1.54, 1.807) is 36.4 Å². The van der Waals surface area contributed by atoms with Crippen molar-refractivity contribution in [3.63, 3.8) is 0 Å². The molecule has 0 heterocycles. The number of carboxylic acid groups (broad SMARTS) is 1. The lowest BCUT2D eigenvalue weighted by molar-refractivity contribution is -0.157. The normalized spacial score (nSPS) is 12.2. The molecule has 0 saturated carbocycles. The molecule has 0 unspecified atom stereocenters. The number of aryl methyl sites for hydroxylation is 2. The van der Waals surface area contributed by atoms with Gasteiger partial charge >= 0.3 is 17.9 Å². The predicted molar refractivity (Wildman–Crippen MR) is 128 cm³/mol. The van der Waals surface area contributed by atoms with E-state index in [0.717, 1.165) is 11.1 Å². The molecule has 2 atom stereocenters. The summed E-state index contributed by atoms with van der Waals surface area (Å²) in [4.78, 5) is 50.5. The molecule has 0 radical (unpaired) electrons. The van der Waals surface area contributed by atoms with Crippen molar-refractivity contribution in [1.82, 2.24) is 0 Å². The number of hydrogen-bond donors (Lipinski definition) is 2. The quantitative estimate of drug-likeness (QED) is 0.443. The highest BCUT2D eigenvalue weighted by molar-refractivity contribution is 6.33. The molecule has 1 amide bonds. The fraction of sp³-hybridized carbons (Fsp3) is 0.154. The van der Waals surface area contributed by atoms with Gasteiger partial charge in [-0.15, -0.1) is 0 Å². The van der Waals surface area contributed by atoms with Crippen LogP contribution in [0.2, 0.25) is 5.02 Å². The highest BCUT2D eigenvalue weighted by Crippen LogP contribution is 2.22. The second-order valence-electron chi connectivity index (χ2n) is 7.69. The largest absolute Gasteiger partial charge is 0.478 e. The van der Waals surface area contributed by atoms with E-state index >= 15 is 0 Å². The van der Waals surface area contributed by atoms with Crippen molar-refractivity contribution in [3.8, 4) is 0 Å². The number of carbonyl (C=O) groups is 4. The van der Waals surface area contributed by atoms with Crippen LogP contribution < -0.4 is 5.32 Å². The van der Waals surface area contributed by atoms with Gasteiger partial charge in [0.25, 0.3) is 5.91 Å². The van der Waals surface area contributed by atoms with Crippen molar-refractivity contribution in [2.24, 2.45) is 0 Å². The molecule has 0 spiro atoms. The molecule has 35 heavy (non-hydrogen) atoms. The summed E-state index contributed by atoms with van der Waals surface area (Å²) in [7, 11) is 0. The number of anilines is 1. The zero-order valence-electron chi connectivity index (χ0n) is 18.9. The number of halogens is 1. The zero-order chi connectivity index (χ0) is 25.5. The number of rotatable bonds is 8. The summed E-state index contributed by atoms with van der Waals surface area (Å²) in [6, 6.07) is 18.7. The Balaban J connectivity index is 1.91. The Bertz CT molecular complexity index is 1240. The summed E-state index contributed by atoms with van der Waals surface area (Å²) >= 11 is 6.08. The molecule has 0 saturated heterocycles. The summed E-state index contributed by atoms with van der Waals surface area (Å²) in [5, 5.41) is 12.4. The van der Waals surface area contributed by atoms with Gasteiger partial charge in [-0.1, -0.05) is 59.1 Å². The first-order valence-corrected chi connectivity index (χ1v) is 10.9. The van der Waals surface area contributed by atoms with E-state index in [-0.39, 0.29) is 21.8 Å². The Hall–Kier alpha value is -4.17. The summed E-state index contributed by atoms with van der Waals surface area (Å²) in [6.45, 7) is 3.63. The Labute approximate surface area is 206 Å². The monoisotopic (exact) mass is 495 g/mol. The molecular weight excluding hydrogens is 474 g/mol. The number of aliphatic carboxylic acids is 1. The molecule has 0 fully saturated rings. The third-order valence-electron chi connectivity index (χ3n) is 4.95. The third-order valence-corrected chi connectivity index (χ3v) is 5.28. The van der Waals surface area contributed by atoms with Gasteiger partial charge in [0.1, 0.15) is 0 Å². The standard InChI is InChI=1S/C26H22ClNO7/c1-15-7-11-17(12-8-15)25(32)34-21(23(29)28-20-6-4-3-5-19(20)27)22(24(30)31)35-26(33)18-13-9-16(2)10-14-18/h3-14,21-22H,1-2H3,(H,28,29)(H,30,31)/t21-,22-/m1/s1. The van der Waals surface area contributed by atoms with E-state index in [1.807, 2.05) is 13.8 Å². The van der Waals surface area contributed by atoms with E-state index in [2.05, 4.69) is 5.32 Å². The first-order valence-electron chi connectivity index (χ1n) is 10.5. The van der Waals surface area contributed by atoms with Crippen LogP contribution in [0.15, 0.2) is 72.8 Å². The van der Waals surface area contributed by atoms with Crippen molar-refractivity contribution >= 4 is 41.1 Å². The molecule has 9 heteroatoms. The van der Waals surface area contributed by atoms with Gasteiger partial charge in [0.05, 0.1) is 21.8 Å². The van der Waals surface area contributed by atoms with Crippen LogP contribution >= 0.6 is 11.6 Å². The van der Waals surface area contributed by atoms with E-state index in [1.165, 1.54) is 36.4 Å². The predicted octanol–water partition coefficient (Wildman–Crippen LogP) is 4.43. The topological polar surface area (TPSA) is 119 Å². The minimum atomic E-state index is -2.14. The SMILES string of the molecule is Cc1ccc(C(=O)O[C@@H](C(=O)O)[C@@H](OC(=O)c2ccc(C)cc2)C(=O)Nc2ccccc2Cl)cc1. The molecule has 0 bridgehead atoms. The summed E-state index contributed by atoms with van der Waals surface area (Å²) in [5.74, 6) is -4.69. The maximum absolute atomic E-state index is 13.1. The van der Waals surface area contributed by atoms with Crippen LogP contribution in [-0.4, -0.2) is 41.1 Å². The Morgan fingerprint density at radius 3 is 1.66 bits per heavy atom. The molecular formula is C26H22ClNO7. The maximum Gasteiger partial charge on any atom is 0.349 e. The van der Waals surface area contributed by atoms with Crippen molar-refractivity contribution < 1.29 is 33.8 Å². The van der Waals surface area contributed by atoms with Gasteiger partial charge in [0, 0.05) is 0 Å². The van der Waals surface area contributed by atoms with Crippen LogP contribution in [0.1, 0.15) is 31.8 Å². The number of amides is 1. The molecule has 0 aromatic heterocycles. The number of hydrogen-bond acceptors (Lipinski definition) is 6. The van der Waals surface area contributed by atoms with Crippen molar-refractivity contribution in [1.29, 1.82) is 0 Å². The van der Waals surface area contributed by atoms with E-state index in [0.29, 0.717) is 0 Å². The van der Waals surface area contributed by atoms with Crippen LogP contribution in [0.3, 0.4) is 0 Å². The highest BCUT2D eigenvalue weighted by atomic mass is 35.5. The molecule has 3 aromatic carbocycles. The fourth-order valence-corrected chi connectivity index (χ4v) is 3.19. The molecule has 3 aromatic rings. The van der Waals surface area contributed by atoms with Gasteiger partial charge in [-0.25, -0.2) is 14.4 Å². The molecule has 3 rings (SSSR count). The number of benzene rings is 3. The lowest BCUT2D eigenvalue weighted by Crippen LogP contribution is -2.48. The molecule has 0 aliphatic carbocycles. The Morgan fingerprint density at radius 2 is 1.20 bits per heavy atom. The minimum absolute atomic E-state index is 0.0666. The van der Waals surface area contributed by atoms with Gasteiger partial charge < -0.3 is 19.9 Å². The number of nitrogens with one attached hydrogen (secondary N) is 1. The molecule has 0 aliphatic heterocycles. The fourth-order valence-electron chi connectivity index (χ4n) is 3.01. The Morgan fingerprint density at radius 1 is 0.743 bits per heavy atom. The highest BCUT2D eigenvalue weighted by Gasteiger charge is 2.41. The van der Waals surface area contributed by atoms with Gasteiger partial charge in [0.15, 0.2) is 0 Å². The van der Waals surface area contributed by atoms with Crippen LogP contribution in [0, 0.1) is 13.8 Å². The van der Waals surface area contributed by atoms with E-state index in [4.69, 9.17) is 21.1 Å². The Kier molecular flexibility index (Phi) is 8.22. The second-order valence-corrected chi connectivity index (χ2v) is 8.10. The van der Waals surface area contributed by atoms with Crippen molar-refractivity contribution in [2.45, 2.75) is 26.1 Å². The maximum atomic E-state index is 13.1. The lowest BCUT2D eigenvalue weighted by Gasteiger charge is -2.24. The summed E-state index contributed by atoms with van der Waals surface area (Å²) < 4.78 is 10.4. The number of esters is 2. The van der Waals surface area contributed by atoms with Crippen LogP contribution in [0.25, 0.3) is 0 Å². The average Bonchev–Trinajstić information content (AvgIpc) is 2.83. The molecule has 2 N–H and O–H groups in total. The van der Waals surface area contributed by atoms with Gasteiger partial charge in [-0.05, 0) is 50.2 Å². The first-order chi connectivity index (χ1) is 16.7. The number of carboxylic acids is 1. The molecule has 8 nitrogen and oxygen atoms in total. The van der Waals surface area contributed by atoms with E-state index < -0.39 is 36.0 Å². The van der Waals surface area contributed by atoms with Gasteiger partial charge in [-0.2, -0.15) is 0 Å². The average molecular weight is 496 g/mol. The summed E-state index contributed by atoms with van der Waals surface area (Å²) in [6.07, 6.45) is -4.16. The number of para-hydroxylation sites is 1.